The summed E-state index contributed by atoms with van der Waals surface area (Å²) in [6, 6.07) is 27.1. The highest BCUT2D eigenvalue weighted by atomic mass is 35.5. The number of aromatic amines is 1. The van der Waals surface area contributed by atoms with E-state index in [4.69, 9.17) is 16.3 Å². The molecule has 0 unspecified atom stereocenters. The Bertz CT molecular complexity index is 4500. The molecule has 23 nitrogen and oxygen atoms in total. The van der Waals surface area contributed by atoms with Crippen LogP contribution >= 0.6 is 22.9 Å². The van der Waals surface area contributed by atoms with E-state index in [9.17, 15) is 42.8 Å². The monoisotopic (exact) mass is 1560 g/mol. The average molecular weight is 1560 g/mol. The molecule has 110 heavy (non-hydrogen) atoms. The number of halogens is 1. The Kier molecular flexibility index (Phi) is 26.9. The van der Waals surface area contributed by atoms with Crippen molar-refractivity contribution in [2.45, 2.75) is 193 Å². The third-order valence-electron chi connectivity index (χ3n) is 23.1. The Morgan fingerprint density at radius 2 is 1.51 bits per heavy atom. The van der Waals surface area contributed by atoms with E-state index in [0.717, 1.165) is 180 Å². The van der Waals surface area contributed by atoms with E-state index in [1.54, 1.807) is 41.8 Å². The van der Waals surface area contributed by atoms with Gasteiger partial charge in [0.05, 0.1) is 49.8 Å². The van der Waals surface area contributed by atoms with Crippen molar-refractivity contribution in [3.63, 3.8) is 0 Å². The second-order valence-electron chi connectivity index (χ2n) is 32.8. The number of pyridine rings is 1. The lowest BCUT2D eigenvalue weighted by Crippen LogP contribution is -2.57. The summed E-state index contributed by atoms with van der Waals surface area (Å²) >= 11 is 7.88. The number of aliphatic hydroxyl groups excluding tert-OH is 1. The lowest BCUT2D eigenvalue weighted by atomic mass is 9.72. The number of anilines is 2. The number of thiazole rings is 1. The lowest BCUT2D eigenvalue weighted by Gasteiger charge is -2.42. The second kappa shape index (κ2) is 36.5. The molecule has 5 aliphatic rings. The molecule has 3 aliphatic heterocycles. The number of hydrogen-bond donors (Lipinski definition) is 6. The number of rotatable bonds is 31. The highest BCUT2D eigenvalue weighted by Gasteiger charge is 2.45. The molecule has 4 amide bonds. The molecule has 1 saturated carbocycles. The van der Waals surface area contributed by atoms with Gasteiger partial charge in [0.2, 0.25) is 17.7 Å². The Balaban J connectivity index is 0.537. The fraction of sp³-hybridized carbons (Fsp3) is 0.524. The van der Waals surface area contributed by atoms with Crippen molar-refractivity contribution in [3.05, 3.63) is 158 Å². The van der Waals surface area contributed by atoms with Crippen LogP contribution in [0.2, 0.25) is 5.02 Å². The molecule has 0 radical (unpaired) electrons. The normalized spacial score (nSPS) is 20.2. The van der Waals surface area contributed by atoms with Crippen molar-refractivity contribution < 1.29 is 42.4 Å². The number of nitrogens with one attached hydrogen (secondary N) is 5. The number of piperazine rings is 2. The number of allylic oxidation sites excluding steroid dienone is 1. The van der Waals surface area contributed by atoms with E-state index >= 15 is 0 Å². The zero-order valence-corrected chi connectivity index (χ0v) is 67.2. The van der Waals surface area contributed by atoms with Gasteiger partial charge in [-0.2, -0.15) is 0 Å². The molecule has 0 bridgehead atoms. The van der Waals surface area contributed by atoms with Crippen LogP contribution in [0.4, 0.5) is 17.1 Å². The maximum absolute atomic E-state index is 14.3. The van der Waals surface area contributed by atoms with Gasteiger partial charge >= 0.3 is 0 Å². The molecule has 2 aliphatic carbocycles. The number of H-pyrrole nitrogens is 1. The molecule has 4 aromatic carbocycles. The highest BCUT2D eigenvalue weighted by molar-refractivity contribution is 7.90. The van der Waals surface area contributed by atoms with E-state index in [1.807, 2.05) is 82.6 Å². The van der Waals surface area contributed by atoms with Crippen LogP contribution in [-0.4, -0.2) is 179 Å². The standard InChI is InChI=1S/C84H110ClN13O10S2/c1-56(59-19-21-61(22-20-59)77-57(2)89-55-109-77)90-81(102)74-48-67(99)54-97(74)82(103)78(83(3,4)5)91-76(100)16-14-12-10-8-9-11-13-15-37-93-38-42-95(43-39-93)65-27-17-58(18-28-65)51-87-72-32-30-69(49-73(72)98(104)105)110(106,107)92-80(101)70-31-29-66(47-75(70)108-68-46-62-34-36-86-79(62)88-52-68)96-44-40-94(41-45-96)53-63-33-35-84(6,7)50-71(63)60-23-25-64(85)26-24-60/h19-26,29-32,34,36,46-47,49,52,55-56,58,65,67,74,78,87,99H,8-18,27-28,33,35,37-45,48,50-51,53-54H2,1-7H3,(H,86,88)(H,90,102)(H,91,100)(H,92,101)/t56-,58?,65?,67+,74-,78+/m0/s1. The molecule has 6 N–H and O–H groups in total. The molecular formula is C84H110ClN13O10S2. The summed E-state index contributed by atoms with van der Waals surface area (Å²) in [5.74, 6) is -1.09. The smallest absolute Gasteiger partial charge is 0.293 e. The van der Waals surface area contributed by atoms with Gasteiger partial charge in [0, 0.05) is 125 Å². The van der Waals surface area contributed by atoms with Gasteiger partial charge in [-0.3, -0.25) is 39.1 Å². The number of likely N-dealkylation sites (tertiary alicyclic amines) is 1. The van der Waals surface area contributed by atoms with Crippen molar-refractivity contribution in [2.24, 2.45) is 16.7 Å². The van der Waals surface area contributed by atoms with E-state index < -0.39 is 55.0 Å². The van der Waals surface area contributed by atoms with E-state index in [-0.39, 0.29) is 65.1 Å². The third kappa shape index (κ3) is 21.1. The molecular weight excluding hydrogens is 1450 g/mol. The number of carbonyl (C=O) groups excluding carboxylic acids is 4. The highest BCUT2D eigenvalue weighted by Crippen LogP contribution is 2.44. The van der Waals surface area contributed by atoms with Gasteiger partial charge in [0.1, 0.15) is 34.9 Å². The quantitative estimate of drug-likeness (QED) is 0.0134. The van der Waals surface area contributed by atoms with Crippen molar-refractivity contribution >= 4 is 90.3 Å². The van der Waals surface area contributed by atoms with E-state index in [2.05, 4.69) is 81.2 Å². The molecule has 590 valence electrons. The van der Waals surface area contributed by atoms with Crippen molar-refractivity contribution in [2.75, 3.05) is 88.8 Å². The van der Waals surface area contributed by atoms with Crippen molar-refractivity contribution in [1.29, 1.82) is 0 Å². The number of ether oxygens (including phenoxy) is 1. The minimum absolute atomic E-state index is 0.0214. The van der Waals surface area contributed by atoms with Crippen LogP contribution in [0.25, 0.3) is 27.0 Å². The predicted octanol–water partition coefficient (Wildman–Crippen LogP) is 14.7. The van der Waals surface area contributed by atoms with E-state index in [1.165, 1.54) is 52.8 Å². The minimum atomic E-state index is -4.62. The molecule has 0 spiro atoms. The first-order valence-electron chi connectivity index (χ1n) is 39.5. The largest absolute Gasteiger partial charge is 0.455 e. The minimum Gasteiger partial charge on any atom is -0.455 e. The summed E-state index contributed by atoms with van der Waals surface area (Å²) in [4.78, 5) is 91.6. The summed E-state index contributed by atoms with van der Waals surface area (Å²) in [5.41, 5.74) is 9.65. The van der Waals surface area contributed by atoms with Crippen LogP contribution < -0.4 is 30.3 Å². The molecule has 4 atom stereocenters. The maximum Gasteiger partial charge on any atom is 0.293 e. The summed E-state index contributed by atoms with van der Waals surface area (Å²) in [6.07, 6.45) is 18.5. The number of nitro benzene ring substituents is 1. The third-order valence-corrected chi connectivity index (χ3v) is 25.6. The molecule has 12 rings (SSSR count). The van der Waals surface area contributed by atoms with E-state index in [0.29, 0.717) is 43.5 Å². The maximum atomic E-state index is 14.3. The average Bonchev–Trinajstić information content (AvgIpc) is 1.57. The molecule has 4 fully saturated rings. The van der Waals surface area contributed by atoms with Gasteiger partial charge in [0.25, 0.3) is 21.6 Å². The van der Waals surface area contributed by atoms with Gasteiger partial charge < -0.3 is 45.5 Å². The van der Waals surface area contributed by atoms with Crippen LogP contribution in [0, 0.1) is 33.8 Å². The number of aliphatic hydroxyl groups is 1. The number of aromatic nitrogens is 3. The van der Waals surface area contributed by atoms with Gasteiger partial charge in [-0.1, -0.05) is 127 Å². The van der Waals surface area contributed by atoms with Crippen molar-refractivity contribution in [1.82, 2.24) is 49.9 Å². The first kappa shape index (κ1) is 81.2. The van der Waals surface area contributed by atoms with Gasteiger partial charge in [0.15, 0.2) is 0 Å². The zero-order valence-electron chi connectivity index (χ0n) is 64.8. The summed E-state index contributed by atoms with van der Waals surface area (Å²) < 4.78 is 36.8. The number of nitro groups is 1. The number of unbranched alkanes of at least 4 members (excludes halogenated alkanes) is 7. The molecule has 7 aromatic rings. The van der Waals surface area contributed by atoms with Crippen LogP contribution in [-0.2, 0) is 24.4 Å². The molecule has 3 saturated heterocycles. The lowest BCUT2D eigenvalue weighted by molar-refractivity contribution is -0.384. The fourth-order valence-corrected chi connectivity index (χ4v) is 18.4. The number of amides is 4. The van der Waals surface area contributed by atoms with Gasteiger partial charge in [-0.25, -0.2) is 23.1 Å². The molecule has 6 heterocycles. The van der Waals surface area contributed by atoms with Crippen LogP contribution in [0.3, 0.4) is 0 Å². The summed E-state index contributed by atoms with van der Waals surface area (Å²) in [6.45, 7) is 23.9. The Morgan fingerprint density at radius 3 is 2.20 bits per heavy atom. The van der Waals surface area contributed by atoms with Crippen LogP contribution in [0.5, 0.6) is 11.5 Å². The van der Waals surface area contributed by atoms with Crippen LogP contribution in [0.1, 0.15) is 184 Å². The number of aryl methyl sites for hydroxylation is 1. The topological polar surface area (TPSA) is 281 Å². The zero-order chi connectivity index (χ0) is 77.9. The number of benzene rings is 4. The number of sulfonamides is 1. The Labute approximate surface area is 656 Å². The number of β-amino-alcohol motifs (C(OH)–C–C–N with tert-alkyl or cyclic N) is 1. The number of hydrogen-bond acceptors (Lipinski definition) is 18. The SMILES string of the molecule is Cc1ncsc1-c1ccc([C@H](C)NC(=O)[C@@H]2C[C@@H](O)CN2C(=O)[C@@H](NC(=O)CCCCCCCCCCN2CCN(C3CCC(CNc4ccc(S(=O)(=O)NC(=O)c5ccc(N6CCN(CC7=C(c8ccc(Cl)cc8)CC(C)(C)CC7)CC6)cc5Oc5cnc6[nH]ccc6c5)cc4[N+](=O)[O-])CC3)CC2)C(C)(C)C)cc1. The number of carbonyl (C=O) groups is 4. The predicted molar refractivity (Wildman–Crippen MR) is 435 cm³/mol. The molecule has 3 aromatic heterocycles. The molecule has 26 heteroatoms. The summed E-state index contributed by atoms with van der Waals surface area (Å²) in [7, 11) is -4.62. The second-order valence-corrected chi connectivity index (χ2v) is 35.8. The Morgan fingerprint density at radius 1 is 0.818 bits per heavy atom. The number of fused-ring (bicyclic) bond motifs is 1. The Hall–Kier alpha value is -8.30. The van der Waals surface area contributed by atoms with Gasteiger partial charge in [-0.05, 0) is 166 Å². The first-order chi connectivity index (χ1) is 52.7. The van der Waals surface area contributed by atoms with Crippen LogP contribution in [0.15, 0.2) is 125 Å². The summed E-state index contributed by atoms with van der Waals surface area (Å²) in [5, 5.41) is 34.2. The van der Waals surface area contributed by atoms with Gasteiger partial charge in [-0.15, -0.1) is 11.3 Å². The number of nitrogens with zero attached hydrogens (tertiary/aromatic N) is 8. The van der Waals surface area contributed by atoms with Crippen molar-refractivity contribution in [3.8, 4) is 21.9 Å². The first-order valence-corrected chi connectivity index (χ1v) is 42.3. The fourth-order valence-electron chi connectivity index (χ4n) is 16.4.